The number of amides is 1. The molecule has 94 valence electrons. The fourth-order valence-corrected chi connectivity index (χ4v) is 1.72. The lowest BCUT2D eigenvalue weighted by Gasteiger charge is -2.06. The maximum Gasteiger partial charge on any atom is 0.220 e. The van der Waals surface area contributed by atoms with Gasteiger partial charge >= 0.3 is 0 Å². The van der Waals surface area contributed by atoms with Gasteiger partial charge in [0.1, 0.15) is 0 Å². The number of hydrogen-bond acceptors (Lipinski definition) is 2. The third kappa shape index (κ3) is 5.50. The molecule has 0 aliphatic heterocycles. The summed E-state index contributed by atoms with van der Waals surface area (Å²) in [4.78, 5) is 11.5. The first-order valence-electron chi connectivity index (χ1n) is 6.25. The molecule has 0 saturated carbocycles. The summed E-state index contributed by atoms with van der Waals surface area (Å²) >= 11 is 0. The predicted molar refractivity (Wildman–Crippen MR) is 70.8 cm³/mol. The lowest BCUT2D eigenvalue weighted by Crippen LogP contribution is -2.25. The Morgan fingerprint density at radius 1 is 1.29 bits per heavy atom. The van der Waals surface area contributed by atoms with Gasteiger partial charge < -0.3 is 11.1 Å². The van der Waals surface area contributed by atoms with Crippen molar-refractivity contribution < 1.29 is 4.79 Å². The molecule has 0 aromatic heterocycles. The van der Waals surface area contributed by atoms with Crippen LogP contribution in [0.25, 0.3) is 0 Å². The molecule has 3 nitrogen and oxygen atoms in total. The zero-order chi connectivity index (χ0) is 12.5. The fraction of sp³-hybridized carbons (Fsp3) is 0.500. The largest absolute Gasteiger partial charge is 0.356 e. The number of carbonyl (C=O) groups excluding carboxylic acids is 1. The Kier molecular flexibility index (Phi) is 6.33. The third-order valence-electron chi connectivity index (χ3n) is 2.84. The van der Waals surface area contributed by atoms with Crippen molar-refractivity contribution in [2.45, 2.75) is 32.6 Å². The molecule has 1 amide bonds. The molecular formula is C14H22N2O. The van der Waals surface area contributed by atoms with Gasteiger partial charge in [-0.25, -0.2) is 0 Å². The van der Waals surface area contributed by atoms with Crippen molar-refractivity contribution in [2.75, 3.05) is 13.1 Å². The summed E-state index contributed by atoms with van der Waals surface area (Å²) in [5.74, 6) is 0.130. The van der Waals surface area contributed by atoms with Crippen LogP contribution < -0.4 is 11.1 Å². The lowest BCUT2D eigenvalue weighted by molar-refractivity contribution is -0.121. The summed E-state index contributed by atoms with van der Waals surface area (Å²) < 4.78 is 0. The molecule has 0 saturated heterocycles. The Morgan fingerprint density at radius 3 is 2.76 bits per heavy atom. The SMILES string of the molecule is Cc1ccccc1CCC(=O)NCCCCN. The first kappa shape index (κ1) is 13.7. The Hall–Kier alpha value is -1.35. The van der Waals surface area contributed by atoms with E-state index in [1.54, 1.807) is 0 Å². The van der Waals surface area contributed by atoms with Crippen molar-refractivity contribution in [2.24, 2.45) is 5.73 Å². The minimum Gasteiger partial charge on any atom is -0.356 e. The van der Waals surface area contributed by atoms with E-state index in [9.17, 15) is 4.79 Å². The molecule has 0 fully saturated rings. The van der Waals surface area contributed by atoms with Crippen LogP contribution in [0.3, 0.4) is 0 Å². The van der Waals surface area contributed by atoms with E-state index in [4.69, 9.17) is 5.73 Å². The molecule has 3 N–H and O–H groups in total. The summed E-state index contributed by atoms with van der Waals surface area (Å²) in [6.45, 7) is 3.51. The quantitative estimate of drug-likeness (QED) is 0.707. The monoisotopic (exact) mass is 234 g/mol. The molecule has 3 heteroatoms. The minimum absolute atomic E-state index is 0.130. The van der Waals surface area contributed by atoms with E-state index in [1.165, 1.54) is 11.1 Å². The zero-order valence-electron chi connectivity index (χ0n) is 10.5. The van der Waals surface area contributed by atoms with Gasteiger partial charge in [0, 0.05) is 13.0 Å². The van der Waals surface area contributed by atoms with Gasteiger partial charge in [-0.3, -0.25) is 4.79 Å². The number of benzene rings is 1. The molecule has 0 spiro atoms. The van der Waals surface area contributed by atoms with Gasteiger partial charge in [0.25, 0.3) is 0 Å². The van der Waals surface area contributed by atoms with E-state index in [1.807, 2.05) is 12.1 Å². The maximum atomic E-state index is 11.5. The molecular weight excluding hydrogens is 212 g/mol. The summed E-state index contributed by atoms with van der Waals surface area (Å²) in [6, 6.07) is 8.19. The molecule has 1 aromatic rings. The van der Waals surface area contributed by atoms with E-state index in [2.05, 4.69) is 24.4 Å². The Bertz CT molecular complexity index is 350. The van der Waals surface area contributed by atoms with Gasteiger partial charge in [0.2, 0.25) is 5.91 Å². The molecule has 0 bridgehead atoms. The van der Waals surface area contributed by atoms with Gasteiger partial charge in [-0.05, 0) is 43.9 Å². The second-order valence-corrected chi connectivity index (χ2v) is 4.27. The summed E-state index contributed by atoms with van der Waals surface area (Å²) in [5, 5.41) is 2.91. The standard InChI is InChI=1S/C14H22N2O/c1-12-6-2-3-7-13(12)8-9-14(17)16-11-5-4-10-15/h2-3,6-7H,4-5,8-11,15H2,1H3,(H,16,17). The highest BCUT2D eigenvalue weighted by atomic mass is 16.1. The van der Waals surface area contributed by atoms with Crippen molar-refractivity contribution in [3.8, 4) is 0 Å². The first-order valence-corrected chi connectivity index (χ1v) is 6.25. The van der Waals surface area contributed by atoms with Gasteiger partial charge in [-0.2, -0.15) is 0 Å². The lowest BCUT2D eigenvalue weighted by atomic mass is 10.0. The second-order valence-electron chi connectivity index (χ2n) is 4.27. The Morgan fingerprint density at radius 2 is 2.06 bits per heavy atom. The number of rotatable bonds is 7. The summed E-state index contributed by atoms with van der Waals surface area (Å²) in [5.41, 5.74) is 7.89. The topological polar surface area (TPSA) is 55.1 Å². The molecule has 1 aromatic carbocycles. The number of hydrogen-bond donors (Lipinski definition) is 2. The van der Waals surface area contributed by atoms with Crippen LogP contribution in [-0.2, 0) is 11.2 Å². The van der Waals surface area contributed by atoms with Crippen LogP contribution in [0.15, 0.2) is 24.3 Å². The van der Waals surface area contributed by atoms with E-state index in [0.29, 0.717) is 13.0 Å². The maximum absolute atomic E-state index is 11.5. The number of nitrogens with one attached hydrogen (secondary N) is 1. The average molecular weight is 234 g/mol. The number of nitrogens with two attached hydrogens (primary N) is 1. The van der Waals surface area contributed by atoms with Gasteiger partial charge in [-0.15, -0.1) is 0 Å². The van der Waals surface area contributed by atoms with Crippen LogP contribution >= 0.6 is 0 Å². The fourth-order valence-electron chi connectivity index (χ4n) is 1.72. The van der Waals surface area contributed by atoms with Crippen molar-refractivity contribution in [3.63, 3.8) is 0 Å². The molecule has 0 aliphatic carbocycles. The minimum atomic E-state index is 0.130. The van der Waals surface area contributed by atoms with Crippen LogP contribution in [0.5, 0.6) is 0 Å². The number of aryl methyl sites for hydroxylation is 2. The molecule has 0 unspecified atom stereocenters. The average Bonchev–Trinajstić information content (AvgIpc) is 2.34. The van der Waals surface area contributed by atoms with E-state index >= 15 is 0 Å². The van der Waals surface area contributed by atoms with Crippen molar-refractivity contribution in [1.29, 1.82) is 0 Å². The zero-order valence-corrected chi connectivity index (χ0v) is 10.5. The third-order valence-corrected chi connectivity index (χ3v) is 2.84. The first-order chi connectivity index (χ1) is 8.24. The van der Waals surface area contributed by atoms with Crippen LogP contribution in [0.4, 0.5) is 0 Å². The molecule has 17 heavy (non-hydrogen) atoms. The van der Waals surface area contributed by atoms with Gasteiger partial charge in [0.05, 0.1) is 0 Å². The van der Waals surface area contributed by atoms with E-state index < -0.39 is 0 Å². The highest BCUT2D eigenvalue weighted by Crippen LogP contribution is 2.09. The predicted octanol–water partition coefficient (Wildman–Crippen LogP) is 1.78. The smallest absolute Gasteiger partial charge is 0.220 e. The molecule has 0 radical (unpaired) electrons. The van der Waals surface area contributed by atoms with Gasteiger partial charge in [-0.1, -0.05) is 24.3 Å². The highest BCUT2D eigenvalue weighted by Gasteiger charge is 2.03. The number of unbranched alkanes of at least 4 members (excludes halogenated alkanes) is 1. The molecule has 0 atom stereocenters. The molecule has 0 heterocycles. The Balaban J connectivity index is 2.22. The summed E-state index contributed by atoms with van der Waals surface area (Å²) in [7, 11) is 0. The molecule has 0 aliphatic rings. The van der Waals surface area contributed by atoms with Crippen molar-refractivity contribution >= 4 is 5.91 Å². The van der Waals surface area contributed by atoms with Gasteiger partial charge in [0.15, 0.2) is 0 Å². The van der Waals surface area contributed by atoms with Crippen molar-refractivity contribution in [3.05, 3.63) is 35.4 Å². The van der Waals surface area contributed by atoms with E-state index in [-0.39, 0.29) is 5.91 Å². The Labute approximate surface area is 103 Å². The molecule has 1 rings (SSSR count). The second kappa shape index (κ2) is 7.85. The van der Waals surface area contributed by atoms with Crippen LogP contribution in [0, 0.1) is 6.92 Å². The van der Waals surface area contributed by atoms with E-state index in [0.717, 1.165) is 25.8 Å². The van der Waals surface area contributed by atoms with Crippen LogP contribution in [-0.4, -0.2) is 19.0 Å². The summed E-state index contributed by atoms with van der Waals surface area (Å²) in [6.07, 6.45) is 3.31. The highest BCUT2D eigenvalue weighted by molar-refractivity contribution is 5.76. The number of carbonyl (C=O) groups is 1. The van der Waals surface area contributed by atoms with Crippen molar-refractivity contribution in [1.82, 2.24) is 5.32 Å². The normalized spacial score (nSPS) is 10.2. The van der Waals surface area contributed by atoms with Crippen LogP contribution in [0.2, 0.25) is 0 Å². The van der Waals surface area contributed by atoms with Crippen LogP contribution in [0.1, 0.15) is 30.4 Å².